The van der Waals surface area contributed by atoms with Gasteiger partial charge in [-0.2, -0.15) is 10.3 Å². The molecule has 0 spiro atoms. The lowest BCUT2D eigenvalue weighted by Gasteiger charge is -2.02. The first kappa shape index (κ1) is 10.3. The summed E-state index contributed by atoms with van der Waals surface area (Å²) in [5.41, 5.74) is 0. The molecule has 0 aromatic carbocycles. The average Bonchev–Trinajstić information content (AvgIpc) is 2.96. The van der Waals surface area contributed by atoms with Crippen molar-refractivity contribution in [1.29, 1.82) is 0 Å². The van der Waals surface area contributed by atoms with Gasteiger partial charge >= 0.3 is 0 Å². The van der Waals surface area contributed by atoms with E-state index in [1.54, 1.807) is 10.9 Å². The van der Waals surface area contributed by atoms with Crippen LogP contribution in [0.25, 0.3) is 0 Å². The predicted octanol–water partition coefficient (Wildman–Crippen LogP) is -0.784. The molecule has 0 saturated heterocycles. The molecule has 2 aromatic heterocycles. The molecule has 0 atom stereocenters. The van der Waals surface area contributed by atoms with Crippen LogP contribution >= 0.6 is 0 Å². The second kappa shape index (κ2) is 5.01. The number of carbonyl (C=O) groups excluding carboxylic acids is 1. The first-order valence-electron chi connectivity index (χ1n) is 4.85. The van der Waals surface area contributed by atoms with Gasteiger partial charge in [0.1, 0.15) is 0 Å². The summed E-state index contributed by atoms with van der Waals surface area (Å²) in [6.07, 6.45) is 4.39. The molecule has 84 valence electrons. The van der Waals surface area contributed by atoms with Crippen LogP contribution in [0.2, 0.25) is 0 Å². The maximum Gasteiger partial charge on any atom is 0.292 e. The highest BCUT2D eigenvalue weighted by Crippen LogP contribution is 1.89. The van der Waals surface area contributed by atoms with E-state index >= 15 is 0 Å². The molecule has 2 rings (SSSR count). The Morgan fingerprint density at radius 2 is 2.50 bits per heavy atom. The molecule has 0 aliphatic rings. The predicted molar refractivity (Wildman–Crippen MR) is 53.4 cm³/mol. The number of nitrogens with one attached hydrogen (secondary N) is 2. The number of hydrogen-bond acceptors (Lipinski definition) is 5. The number of tetrazole rings is 1. The van der Waals surface area contributed by atoms with E-state index in [9.17, 15) is 4.79 Å². The van der Waals surface area contributed by atoms with Crippen molar-refractivity contribution in [3.63, 3.8) is 0 Å². The minimum absolute atomic E-state index is 0.0547. The summed E-state index contributed by atoms with van der Waals surface area (Å²) in [5.74, 6) is -0.270. The van der Waals surface area contributed by atoms with E-state index in [0.717, 1.165) is 13.0 Å². The molecule has 2 heterocycles. The lowest BCUT2D eigenvalue weighted by atomic mass is 10.4. The van der Waals surface area contributed by atoms with Gasteiger partial charge in [-0.25, -0.2) is 0 Å². The van der Waals surface area contributed by atoms with E-state index in [2.05, 4.69) is 31.0 Å². The Morgan fingerprint density at radius 3 is 3.19 bits per heavy atom. The highest BCUT2D eigenvalue weighted by molar-refractivity contribution is 5.89. The summed E-state index contributed by atoms with van der Waals surface area (Å²) in [7, 11) is 0. The van der Waals surface area contributed by atoms with E-state index in [1.165, 1.54) is 0 Å². The Kier molecular flexibility index (Phi) is 3.22. The number of hydrogen-bond donors (Lipinski definition) is 2. The van der Waals surface area contributed by atoms with Crippen LogP contribution in [0.4, 0.5) is 0 Å². The number of aromatic nitrogens is 6. The van der Waals surface area contributed by atoms with Gasteiger partial charge in [-0.15, -0.1) is 10.2 Å². The molecule has 2 aromatic rings. The van der Waals surface area contributed by atoms with E-state index in [4.69, 9.17) is 0 Å². The van der Waals surface area contributed by atoms with Gasteiger partial charge in [0.25, 0.3) is 11.7 Å². The monoisotopic (exact) mass is 221 g/mol. The second-order valence-corrected chi connectivity index (χ2v) is 3.11. The second-order valence-electron chi connectivity index (χ2n) is 3.11. The van der Waals surface area contributed by atoms with Crippen molar-refractivity contribution in [2.45, 2.75) is 13.0 Å². The van der Waals surface area contributed by atoms with Crippen LogP contribution < -0.4 is 5.32 Å². The number of H-pyrrole nitrogens is 1. The van der Waals surface area contributed by atoms with Gasteiger partial charge in [-0.05, 0) is 17.7 Å². The van der Waals surface area contributed by atoms with Crippen LogP contribution in [0.3, 0.4) is 0 Å². The van der Waals surface area contributed by atoms with Gasteiger partial charge in [-0.1, -0.05) is 0 Å². The topological polar surface area (TPSA) is 101 Å². The SMILES string of the molecule is O=C(NCCCn1cccn1)c1nn[nH]n1. The molecule has 8 heteroatoms. The molecule has 2 N–H and O–H groups in total. The zero-order chi connectivity index (χ0) is 11.2. The normalized spacial score (nSPS) is 10.2. The number of aryl methyl sites for hydroxylation is 1. The zero-order valence-electron chi connectivity index (χ0n) is 8.50. The van der Waals surface area contributed by atoms with Crippen LogP contribution in [0.15, 0.2) is 18.5 Å². The highest BCUT2D eigenvalue weighted by atomic mass is 16.2. The fourth-order valence-corrected chi connectivity index (χ4v) is 1.21. The molecule has 0 saturated carbocycles. The van der Waals surface area contributed by atoms with Gasteiger partial charge in [0, 0.05) is 25.5 Å². The molecule has 0 aliphatic carbocycles. The Bertz CT molecular complexity index is 421. The van der Waals surface area contributed by atoms with E-state index < -0.39 is 0 Å². The number of aromatic amines is 1. The quantitative estimate of drug-likeness (QED) is 0.645. The fourth-order valence-electron chi connectivity index (χ4n) is 1.21. The van der Waals surface area contributed by atoms with Gasteiger partial charge in [0.15, 0.2) is 0 Å². The summed E-state index contributed by atoms with van der Waals surface area (Å²) in [5, 5.41) is 19.4. The number of rotatable bonds is 5. The summed E-state index contributed by atoms with van der Waals surface area (Å²) >= 11 is 0. The molecule has 0 radical (unpaired) electrons. The summed E-state index contributed by atoms with van der Waals surface area (Å²) in [6, 6.07) is 1.86. The molecule has 1 amide bonds. The van der Waals surface area contributed by atoms with Crippen LogP contribution in [0, 0.1) is 0 Å². The lowest BCUT2D eigenvalue weighted by Crippen LogP contribution is -2.26. The smallest absolute Gasteiger partial charge is 0.292 e. The third kappa shape index (κ3) is 2.62. The van der Waals surface area contributed by atoms with Crippen molar-refractivity contribution < 1.29 is 4.79 Å². The average molecular weight is 221 g/mol. The van der Waals surface area contributed by atoms with Crippen molar-refractivity contribution >= 4 is 5.91 Å². The summed E-state index contributed by atoms with van der Waals surface area (Å²) in [4.78, 5) is 11.3. The Morgan fingerprint density at radius 1 is 1.56 bits per heavy atom. The maximum atomic E-state index is 11.3. The van der Waals surface area contributed by atoms with Crippen LogP contribution in [0.1, 0.15) is 17.0 Å². The van der Waals surface area contributed by atoms with Gasteiger partial charge in [0.05, 0.1) is 0 Å². The standard InChI is InChI=1S/C8H11N7O/c16-8(7-11-13-14-12-7)9-3-1-5-15-6-2-4-10-15/h2,4,6H,1,3,5H2,(H,9,16)(H,11,12,13,14). The van der Waals surface area contributed by atoms with E-state index in [-0.39, 0.29) is 11.7 Å². The first-order chi connectivity index (χ1) is 7.86. The Hall–Kier alpha value is -2.25. The van der Waals surface area contributed by atoms with E-state index in [1.807, 2.05) is 12.3 Å². The van der Waals surface area contributed by atoms with Crippen LogP contribution in [-0.2, 0) is 6.54 Å². The molecule has 8 nitrogen and oxygen atoms in total. The maximum absolute atomic E-state index is 11.3. The van der Waals surface area contributed by atoms with Crippen LogP contribution in [-0.4, -0.2) is 42.9 Å². The van der Waals surface area contributed by atoms with Crippen molar-refractivity contribution in [3.05, 3.63) is 24.3 Å². The third-order valence-corrected chi connectivity index (χ3v) is 1.96. The van der Waals surface area contributed by atoms with Crippen molar-refractivity contribution in [1.82, 2.24) is 35.7 Å². The zero-order valence-corrected chi connectivity index (χ0v) is 8.50. The Balaban J connectivity index is 1.67. The number of nitrogens with zero attached hydrogens (tertiary/aromatic N) is 5. The summed E-state index contributed by atoms with van der Waals surface area (Å²) in [6.45, 7) is 1.31. The van der Waals surface area contributed by atoms with Crippen molar-refractivity contribution in [2.24, 2.45) is 0 Å². The molecular formula is C8H11N7O. The fraction of sp³-hybridized carbons (Fsp3) is 0.375. The first-order valence-corrected chi connectivity index (χ1v) is 4.85. The molecule has 0 bridgehead atoms. The minimum Gasteiger partial charge on any atom is -0.349 e. The molecule has 0 unspecified atom stereocenters. The molecular weight excluding hydrogens is 210 g/mol. The van der Waals surface area contributed by atoms with Crippen LogP contribution in [0.5, 0.6) is 0 Å². The molecule has 16 heavy (non-hydrogen) atoms. The number of amides is 1. The molecule has 0 fully saturated rings. The van der Waals surface area contributed by atoms with Crippen molar-refractivity contribution in [3.8, 4) is 0 Å². The Labute approximate surface area is 91.0 Å². The third-order valence-electron chi connectivity index (χ3n) is 1.96. The largest absolute Gasteiger partial charge is 0.349 e. The minimum atomic E-state index is -0.325. The van der Waals surface area contributed by atoms with E-state index in [0.29, 0.717) is 6.54 Å². The van der Waals surface area contributed by atoms with Crippen molar-refractivity contribution in [2.75, 3.05) is 6.54 Å². The van der Waals surface area contributed by atoms with Gasteiger partial charge in [0.2, 0.25) is 0 Å². The summed E-state index contributed by atoms with van der Waals surface area (Å²) < 4.78 is 1.81. The van der Waals surface area contributed by atoms with Gasteiger partial charge < -0.3 is 5.32 Å². The molecule has 0 aliphatic heterocycles. The lowest BCUT2D eigenvalue weighted by molar-refractivity contribution is 0.0942. The number of carbonyl (C=O) groups is 1. The van der Waals surface area contributed by atoms with Gasteiger partial charge in [-0.3, -0.25) is 9.48 Å². The highest BCUT2D eigenvalue weighted by Gasteiger charge is 2.08.